The average molecular weight is 343 g/mol. The van der Waals surface area contributed by atoms with Gasteiger partial charge in [0.05, 0.1) is 5.60 Å². The molecule has 1 spiro atoms. The third-order valence-electron chi connectivity index (χ3n) is 6.93. The fraction of sp³-hybridized carbons (Fsp3) is 0.556. The zero-order valence-electron chi connectivity index (χ0n) is 13.8. The highest BCUT2D eigenvalue weighted by molar-refractivity contribution is 6.07. The number of nitrogens with one attached hydrogen (secondary N) is 3. The van der Waals surface area contributed by atoms with Gasteiger partial charge in [0.1, 0.15) is 11.3 Å². The van der Waals surface area contributed by atoms with Gasteiger partial charge in [-0.25, -0.2) is 4.79 Å². The number of amides is 3. The number of carbonyl (C=O) groups excluding carboxylic acids is 2. The lowest BCUT2D eigenvalue weighted by Gasteiger charge is -2.63. The third-order valence-corrected chi connectivity index (χ3v) is 6.93. The van der Waals surface area contributed by atoms with E-state index in [0.29, 0.717) is 32.1 Å². The van der Waals surface area contributed by atoms with Crippen LogP contribution < -0.4 is 16.0 Å². The highest BCUT2D eigenvalue weighted by Gasteiger charge is 2.68. The first kappa shape index (κ1) is 15.2. The standard InChI is InChI=1S/C18H21N3O4/c22-11-2-1-10-7-13-18(25)4-3-17(14(23)20-15(24)21-17)9-16(18,5-6-19-13)12(10)8-11/h1-2,8,13,19,22,25H,3-7,9H2,(H2,20,21,23,24)/t13-,16-,17+,18-/m1/s1. The summed E-state index contributed by atoms with van der Waals surface area (Å²) in [6.45, 7) is 0.730. The van der Waals surface area contributed by atoms with Gasteiger partial charge in [-0.15, -0.1) is 0 Å². The van der Waals surface area contributed by atoms with E-state index in [1.165, 1.54) is 0 Å². The molecule has 2 aliphatic carbocycles. The molecule has 0 unspecified atom stereocenters. The Hall–Kier alpha value is -2.12. The first-order valence-corrected chi connectivity index (χ1v) is 8.80. The Labute approximate surface area is 144 Å². The third kappa shape index (κ3) is 1.72. The molecule has 7 nitrogen and oxygen atoms in total. The van der Waals surface area contributed by atoms with Gasteiger partial charge in [0, 0.05) is 11.5 Å². The van der Waals surface area contributed by atoms with Crippen molar-refractivity contribution in [2.24, 2.45) is 0 Å². The van der Waals surface area contributed by atoms with Gasteiger partial charge < -0.3 is 20.8 Å². The van der Waals surface area contributed by atoms with Crippen LogP contribution in [0, 0.1) is 0 Å². The lowest BCUT2D eigenvalue weighted by Crippen LogP contribution is -2.75. The summed E-state index contributed by atoms with van der Waals surface area (Å²) in [5.74, 6) is -0.150. The molecule has 1 aromatic rings. The predicted octanol–water partition coefficient (Wildman–Crippen LogP) is 0.0412. The van der Waals surface area contributed by atoms with E-state index >= 15 is 0 Å². The van der Waals surface area contributed by atoms with Crippen molar-refractivity contribution < 1.29 is 19.8 Å². The Morgan fingerprint density at radius 3 is 2.76 bits per heavy atom. The van der Waals surface area contributed by atoms with Crippen LogP contribution in [0.15, 0.2) is 18.2 Å². The van der Waals surface area contributed by atoms with Gasteiger partial charge in [0.25, 0.3) is 5.91 Å². The van der Waals surface area contributed by atoms with E-state index in [-0.39, 0.29) is 17.7 Å². The second-order valence-electron chi connectivity index (χ2n) is 7.98. The molecule has 2 aliphatic heterocycles. The fourth-order valence-electron chi connectivity index (χ4n) is 5.78. The van der Waals surface area contributed by atoms with Gasteiger partial charge in [0.2, 0.25) is 0 Å². The van der Waals surface area contributed by atoms with E-state index in [0.717, 1.165) is 17.7 Å². The molecule has 2 heterocycles. The number of hydrogen-bond donors (Lipinski definition) is 5. The number of phenolic OH excluding ortho intramolecular Hbond substituents is 1. The molecule has 3 amide bonds. The summed E-state index contributed by atoms with van der Waals surface area (Å²) in [6, 6.07) is 4.74. The van der Waals surface area contributed by atoms with E-state index in [2.05, 4.69) is 16.0 Å². The van der Waals surface area contributed by atoms with E-state index in [4.69, 9.17) is 0 Å². The molecule has 5 N–H and O–H groups in total. The number of fused-ring (bicyclic) bond motifs is 1. The number of phenols is 1. The Balaban J connectivity index is 1.71. The molecular formula is C18H21N3O4. The Morgan fingerprint density at radius 2 is 2.00 bits per heavy atom. The molecule has 25 heavy (non-hydrogen) atoms. The zero-order valence-corrected chi connectivity index (χ0v) is 13.8. The number of hydrogen-bond acceptors (Lipinski definition) is 5. The van der Waals surface area contributed by atoms with Crippen LogP contribution in [-0.2, 0) is 16.6 Å². The smallest absolute Gasteiger partial charge is 0.322 e. The monoisotopic (exact) mass is 343 g/mol. The first-order valence-electron chi connectivity index (χ1n) is 8.80. The molecule has 1 aromatic carbocycles. The molecule has 2 saturated heterocycles. The minimum absolute atomic E-state index is 0.0872. The summed E-state index contributed by atoms with van der Waals surface area (Å²) in [5, 5.41) is 30.4. The van der Waals surface area contributed by atoms with Crippen molar-refractivity contribution >= 4 is 11.9 Å². The number of aromatic hydroxyl groups is 1. The summed E-state index contributed by atoms with van der Waals surface area (Å²) in [4.78, 5) is 24.3. The molecular weight excluding hydrogens is 322 g/mol. The van der Waals surface area contributed by atoms with Gasteiger partial charge >= 0.3 is 6.03 Å². The summed E-state index contributed by atoms with van der Waals surface area (Å²) in [7, 11) is 0. The molecule has 3 fully saturated rings. The maximum Gasteiger partial charge on any atom is 0.322 e. The number of urea groups is 1. The van der Waals surface area contributed by atoms with Gasteiger partial charge in [-0.1, -0.05) is 6.07 Å². The largest absolute Gasteiger partial charge is 0.508 e. The Bertz CT molecular complexity index is 812. The Morgan fingerprint density at radius 1 is 1.16 bits per heavy atom. The van der Waals surface area contributed by atoms with Crippen LogP contribution in [0.25, 0.3) is 0 Å². The lowest BCUT2D eigenvalue weighted by atomic mass is 9.47. The number of piperidine rings is 1. The summed E-state index contributed by atoms with van der Waals surface area (Å²) in [5.41, 5.74) is -0.638. The maximum absolute atomic E-state index is 12.5. The second kappa shape index (κ2) is 4.53. The summed E-state index contributed by atoms with van der Waals surface area (Å²) >= 11 is 0. The number of rotatable bonds is 0. The molecule has 132 valence electrons. The van der Waals surface area contributed by atoms with E-state index in [1.807, 2.05) is 6.07 Å². The van der Waals surface area contributed by atoms with E-state index in [9.17, 15) is 19.8 Å². The zero-order chi connectivity index (χ0) is 17.4. The second-order valence-corrected chi connectivity index (χ2v) is 7.98. The van der Waals surface area contributed by atoms with Crippen LogP contribution in [0.5, 0.6) is 5.75 Å². The van der Waals surface area contributed by atoms with Crippen molar-refractivity contribution in [3.8, 4) is 5.75 Å². The number of aliphatic hydroxyl groups is 1. The topological polar surface area (TPSA) is 111 Å². The van der Waals surface area contributed by atoms with E-state index < -0.39 is 22.6 Å². The van der Waals surface area contributed by atoms with Crippen molar-refractivity contribution in [3.63, 3.8) is 0 Å². The molecule has 0 aromatic heterocycles. The Kier molecular flexibility index (Phi) is 2.75. The van der Waals surface area contributed by atoms with Gasteiger partial charge in [-0.05, 0) is 61.9 Å². The SMILES string of the molecule is O=C1NC(=O)[C@@]2(CC[C@@]3(O)[C@H]4Cc5ccc(O)cc5[C@@]3(CCN4)C2)N1. The summed E-state index contributed by atoms with van der Waals surface area (Å²) < 4.78 is 0. The minimum Gasteiger partial charge on any atom is -0.508 e. The van der Waals surface area contributed by atoms with Crippen molar-refractivity contribution in [1.29, 1.82) is 0 Å². The van der Waals surface area contributed by atoms with Crippen LogP contribution >= 0.6 is 0 Å². The maximum atomic E-state index is 12.5. The minimum atomic E-state index is -0.995. The molecule has 2 bridgehead atoms. The fourth-order valence-corrected chi connectivity index (χ4v) is 5.78. The molecule has 7 heteroatoms. The molecule has 5 rings (SSSR count). The summed E-state index contributed by atoms with van der Waals surface area (Å²) in [6.07, 6.45) is 2.53. The molecule has 0 radical (unpaired) electrons. The average Bonchev–Trinajstić information content (AvgIpc) is 2.82. The van der Waals surface area contributed by atoms with Crippen LogP contribution in [-0.4, -0.2) is 45.9 Å². The van der Waals surface area contributed by atoms with Crippen LogP contribution in [0.2, 0.25) is 0 Å². The van der Waals surface area contributed by atoms with Crippen LogP contribution in [0.3, 0.4) is 0 Å². The predicted molar refractivity (Wildman–Crippen MR) is 88.1 cm³/mol. The first-order chi connectivity index (χ1) is 11.9. The van der Waals surface area contributed by atoms with Crippen molar-refractivity contribution in [2.75, 3.05) is 6.54 Å². The lowest BCUT2D eigenvalue weighted by molar-refractivity contribution is -0.151. The normalized spacial score (nSPS) is 41.7. The van der Waals surface area contributed by atoms with Crippen molar-refractivity contribution in [3.05, 3.63) is 29.3 Å². The quantitative estimate of drug-likeness (QED) is 0.427. The van der Waals surface area contributed by atoms with Gasteiger partial charge in [-0.2, -0.15) is 0 Å². The molecule has 4 atom stereocenters. The van der Waals surface area contributed by atoms with Gasteiger partial charge in [0.15, 0.2) is 0 Å². The van der Waals surface area contributed by atoms with Crippen molar-refractivity contribution in [2.45, 2.75) is 54.7 Å². The van der Waals surface area contributed by atoms with E-state index in [1.54, 1.807) is 12.1 Å². The van der Waals surface area contributed by atoms with Crippen LogP contribution in [0.1, 0.15) is 36.8 Å². The number of benzene rings is 1. The number of carbonyl (C=O) groups is 2. The van der Waals surface area contributed by atoms with Gasteiger partial charge in [-0.3, -0.25) is 10.1 Å². The van der Waals surface area contributed by atoms with Crippen LogP contribution in [0.4, 0.5) is 4.79 Å². The molecule has 1 saturated carbocycles. The highest BCUT2D eigenvalue weighted by atomic mass is 16.3. The highest BCUT2D eigenvalue weighted by Crippen LogP contribution is 2.59. The molecule has 4 aliphatic rings. The number of imide groups is 1. The van der Waals surface area contributed by atoms with Crippen molar-refractivity contribution in [1.82, 2.24) is 16.0 Å².